The molecule has 1 aromatic heterocycles. The number of carbonyl (C=O) groups excluding carboxylic acids is 2. The summed E-state index contributed by atoms with van der Waals surface area (Å²) >= 11 is 0. The van der Waals surface area contributed by atoms with Crippen LogP contribution in [0.15, 0.2) is 53.2 Å². The molecule has 23 heavy (non-hydrogen) atoms. The maximum atomic E-state index is 11.7. The summed E-state index contributed by atoms with van der Waals surface area (Å²) in [4.78, 5) is 23.3. The van der Waals surface area contributed by atoms with Crippen molar-refractivity contribution in [1.82, 2.24) is 0 Å². The molecular formula is C18H18O5. The van der Waals surface area contributed by atoms with Crippen molar-refractivity contribution >= 4 is 18.0 Å². The summed E-state index contributed by atoms with van der Waals surface area (Å²) in [6.45, 7) is 3.73. The van der Waals surface area contributed by atoms with Crippen LogP contribution < -0.4 is 9.47 Å². The van der Waals surface area contributed by atoms with Crippen LogP contribution in [0.1, 0.15) is 26.0 Å². The zero-order chi connectivity index (χ0) is 16.7. The average molecular weight is 314 g/mol. The first-order chi connectivity index (χ1) is 11.1. The normalized spacial score (nSPS) is 12.1. The zero-order valence-electron chi connectivity index (χ0n) is 13.0. The van der Waals surface area contributed by atoms with Crippen LogP contribution in [0.25, 0.3) is 6.08 Å². The Morgan fingerprint density at radius 1 is 1.13 bits per heavy atom. The van der Waals surface area contributed by atoms with Gasteiger partial charge in [-0.05, 0) is 48.9 Å². The van der Waals surface area contributed by atoms with Crippen LogP contribution >= 0.6 is 0 Å². The summed E-state index contributed by atoms with van der Waals surface area (Å²) in [6.07, 6.45) is 5.03. The summed E-state index contributed by atoms with van der Waals surface area (Å²) < 4.78 is 15.4. The summed E-state index contributed by atoms with van der Waals surface area (Å²) in [5, 5.41) is 0. The lowest BCUT2D eigenvalue weighted by molar-refractivity contribution is -0.138. The standard InChI is InChI=1S/C18H18O5/c1-3-13(2)18(20)23-16-8-6-15(7-9-16)22-17(19)11-10-14-5-4-12-21-14/h4-13H,3H2,1-2H3/b11-10+. The summed E-state index contributed by atoms with van der Waals surface area (Å²) in [5.74, 6) is 0.390. The zero-order valence-corrected chi connectivity index (χ0v) is 13.0. The molecule has 1 heterocycles. The highest BCUT2D eigenvalue weighted by molar-refractivity contribution is 5.88. The molecule has 0 radical (unpaired) electrons. The Hall–Kier alpha value is -2.82. The van der Waals surface area contributed by atoms with Crippen molar-refractivity contribution in [3.05, 3.63) is 54.5 Å². The molecule has 0 saturated heterocycles. The van der Waals surface area contributed by atoms with Crippen LogP contribution in [0.5, 0.6) is 11.5 Å². The Labute approximate surface area is 134 Å². The van der Waals surface area contributed by atoms with Crippen LogP contribution in [0.2, 0.25) is 0 Å². The molecular weight excluding hydrogens is 296 g/mol. The molecule has 0 bridgehead atoms. The number of benzene rings is 1. The molecule has 1 aromatic carbocycles. The third-order valence-corrected chi connectivity index (χ3v) is 3.20. The van der Waals surface area contributed by atoms with Gasteiger partial charge in [-0.3, -0.25) is 4.79 Å². The van der Waals surface area contributed by atoms with E-state index < -0.39 is 5.97 Å². The van der Waals surface area contributed by atoms with Crippen LogP contribution in [0, 0.1) is 5.92 Å². The first kappa shape index (κ1) is 16.5. The van der Waals surface area contributed by atoms with Gasteiger partial charge in [0.15, 0.2) is 0 Å². The minimum Gasteiger partial charge on any atom is -0.465 e. The van der Waals surface area contributed by atoms with Gasteiger partial charge in [-0.1, -0.05) is 13.8 Å². The second-order valence-electron chi connectivity index (χ2n) is 4.97. The molecule has 1 unspecified atom stereocenters. The van der Waals surface area contributed by atoms with Gasteiger partial charge in [-0.2, -0.15) is 0 Å². The van der Waals surface area contributed by atoms with Crippen molar-refractivity contribution in [3.8, 4) is 11.5 Å². The number of ether oxygens (including phenoxy) is 2. The monoisotopic (exact) mass is 314 g/mol. The number of carbonyl (C=O) groups is 2. The van der Waals surface area contributed by atoms with Gasteiger partial charge in [-0.25, -0.2) is 4.79 Å². The van der Waals surface area contributed by atoms with Gasteiger partial charge in [0.25, 0.3) is 0 Å². The van der Waals surface area contributed by atoms with E-state index in [9.17, 15) is 9.59 Å². The SMILES string of the molecule is CCC(C)C(=O)Oc1ccc(OC(=O)/C=C/c2ccco2)cc1. The Kier molecular flexibility index (Phi) is 5.74. The van der Waals surface area contributed by atoms with E-state index in [1.807, 2.05) is 13.8 Å². The van der Waals surface area contributed by atoms with Crippen LogP contribution in [-0.4, -0.2) is 11.9 Å². The van der Waals surface area contributed by atoms with Crippen molar-refractivity contribution in [3.63, 3.8) is 0 Å². The van der Waals surface area contributed by atoms with Crippen molar-refractivity contribution < 1.29 is 23.5 Å². The molecule has 0 saturated carbocycles. The van der Waals surface area contributed by atoms with Gasteiger partial charge in [-0.15, -0.1) is 0 Å². The second-order valence-corrected chi connectivity index (χ2v) is 4.97. The first-order valence-corrected chi connectivity index (χ1v) is 7.33. The third kappa shape index (κ3) is 5.14. The molecule has 0 amide bonds. The quantitative estimate of drug-likeness (QED) is 0.460. The molecule has 5 heteroatoms. The molecule has 120 valence electrons. The molecule has 0 aliphatic heterocycles. The van der Waals surface area contributed by atoms with E-state index in [2.05, 4.69) is 0 Å². The fourth-order valence-electron chi connectivity index (χ4n) is 1.65. The topological polar surface area (TPSA) is 65.7 Å². The molecule has 5 nitrogen and oxygen atoms in total. The van der Waals surface area contributed by atoms with Crippen molar-refractivity contribution in [2.45, 2.75) is 20.3 Å². The minimum absolute atomic E-state index is 0.153. The van der Waals surface area contributed by atoms with Crippen molar-refractivity contribution in [1.29, 1.82) is 0 Å². The molecule has 0 aliphatic rings. The Morgan fingerprint density at radius 2 is 1.78 bits per heavy atom. The van der Waals surface area contributed by atoms with Gasteiger partial charge < -0.3 is 13.9 Å². The van der Waals surface area contributed by atoms with Crippen LogP contribution in [0.4, 0.5) is 0 Å². The molecule has 0 fully saturated rings. The first-order valence-electron chi connectivity index (χ1n) is 7.33. The van der Waals surface area contributed by atoms with Gasteiger partial charge in [0.1, 0.15) is 17.3 Å². The molecule has 2 rings (SSSR count). The molecule has 1 atom stereocenters. The van der Waals surface area contributed by atoms with Gasteiger partial charge in [0.05, 0.1) is 12.2 Å². The largest absolute Gasteiger partial charge is 0.465 e. The summed E-state index contributed by atoms with van der Waals surface area (Å²) in [5.41, 5.74) is 0. The van der Waals surface area contributed by atoms with E-state index in [-0.39, 0.29) is 11.9 Å². The maximum absolute atomic E-state index is 11.7. The van der Waals surface area contributed by atoms with Crippen molar-refractivity contribution in [2.24, 2.45) is 5.92 Å². The lowest BCUT2D eigenvalue weighted by atomic mass is 10.1. The highest BCUT2D eigenvalue weighted by Crippen LogP contribution is 2.19. The van der Waals surface area contributed by atoms with E-state index >= 15 is 0 Å². The lowest BCUT2D eigenvalue weighted by Gasteiger charge is -2.09. The third-order valence-electron chi connectivity index (χ3n) is 3.20. The Bertz CT molecular complexity index is 668. The second kappa shape index (κ2) is 7.98. The highest BCUT2D eigenvalue weighted by Gasteiger charge is 2.13. The highest BCUT2D eigenvalue weighted by atomic mass is 16.5. The average Bonchev–Trinajstić information content (AvgIpc) is 3.07. The Balaban J connectivity index is 1.89. The van der Waals surface area contributed by atoms with E-state index in [4.69, 9.17) is 13.9 Å². The van der Waals surface area contributed by atoms with Gasteiger partial charge in [0, 0.05) is 6.08 Å². The molecule has 2 aromatic rings. The molecule has 0 N–H and O–H groups in total. The number of hydrogen-bond donors (Lipinski definition) is 0. The smallest absolute Gasteiger partial charge is 0.336 e. The van der Waals surface area contributed by atoms with Crippen LogP contribution in [0.3, 0.4) is 0 Å². The van der Waals surface area contributed by atoms with Gasteiger partial charge in [0.2, 0.25) is 0 Å². The summed E-state index contributed by atoms with van der Waals surface area (Å²) in [7, 11) is 0. The van der Waals surface area contributed by atoms with E-state index in [0.29, 0.717) is 17.3 Å². The Morgan fingerprint density at radius 3 is 2.35 bits per heavy atom. The number of furan rings is 1. The van der Waals surface area contributed by atoms with Gasteiger partial charge >= 0.3 is 11.9 Å². The predicted molar refractivity (Wildman–Crippen MR) is 84.9 cm³/mol. The van der Waals surface area contributed by atoms with Crippen LogP contribution in [-0.2, 0) is 9.59 Å². The number of hydrogen-bond acceptors (Lipinski definition) is 5. The van der Waals surface area contributed by atoms with E-state index in [0.717, 1.165) is 6.42 Å². The lowest BCUT2D eigenvalue weighted by Crippen LogP contribution is -2.16. The van der Waals surface area contributed by atoms with Crippen molar-refractivity contribution in [2.75, 3.05) is 0 Å². The number of esters is 2. The fourth-order valence-corrected chi connectivity index (χ4v) is 1.65. The van der Waals surface area contributed by atoms with E-state index in [1.54, 1.807) is 36.4 Å². The number of rotatable bonds is 6. The maximum Gasteiger partial charge on any atom is 0.336 e. The fraction of sp³-hybridized carbons (Fsp3) is 0.222. The van der Waals surface area contributed by atoms with E-state index in [1.165, 1.54) is 18.4 Å². The molecule has 0 aliphatic carbocycles. The molecule has 0 spiro atoms. The predicted octanol–water partition coefficient (Wildman–Crippen LogP) is 3.85. The summed E-state index contributed by atoms with van der Waals surface area (Å²) in [6, 6.07) is 9.75. The minimum atomic E-state index is -0.522.